The van der Waals surface area contributed by atoms with Crippen molar-refractivity contribution in [3.8, 4) is 27.5 Å². The van der Waals surface area contributed by atoms with Crippen LogP contribution in [-0.2, 0) is 4.74 Å². The number of aromatic nitrogens is 3. The Balaban J connectivity index is 1.71. The van der Waals surface area contributed by atoms with E-state index in [-0.39, 0.29) is 12.4 Å². The summed E-state index contributed by atoms with van der Waals surface area (Å²) in [5, 5.41) is 5.57. The van der Waals surface area contributed by atoms with Crippen molar-refractivity contribution in [2.45, 2.75) is 13.8 Å². The molecule has 8 heteroatoms. The Morgan fingerprint density at radius 3 is 2.27 bits per heavy atom. The molecule has 0 amide bonds. The van der Waals surface area contributed by atoms with Gasteiger partial charge in [0.15, 0.2) is 5.13 Å². The van der Waals surface area contributed by atoms with E-state index in [1.165, 1.54) is 23.5 Å². The molecular formula is C29H25FN4O2S. The lowest BCUT2D eigenvalue weighted by Gasteiger charge is -2.19. The van der Waals surface area contributed by atoms with Gasteiger partial charge < -0.3 is 9.64 Å². The van der Waals surface area contributed by atoms with E-state index in [4.69, 9.17) is 14.8 Å². The molecule has 0 atom stereocenters. The van der Waals surface area contributed by atoms with Crippen molar-refractivity contribution >= 4 is 28.1 Å². The summed E-state index contributed by atoms with van der Waals surface area (Å²) in [6, 6.07) is 25.8. The van der Waals surface area contributed by atoms with E-state index in [9.17, 15) is 9.18 Å². The van der Waals surface area contributed by atoms with E-state index in [2.05, 4.69) is 11.8 Å². The topological polar surface area (TPSA) is 60.3 Å². The highest BCUT2D eigenvalue weighted by molar-refractivity contribution is 7.19. The van der Waals surface area contributed by atoms with Crippen LogP contribution in [0.1, 0.15) is 24.2 Å². The summed E-state index contributed by atoms with van der Waals surface area (Å²) in [4.78, 5) is 21.0. The number of ether oxygens (including phenoxy) is 1. The fraction of sp³-hybridized carbons (Fsp3) is 0.138. The second-order valence-corrected chi connectivity index (χ2v) is 9.13. The van der Waals surface area contributed by atoms with Gasteiger partial charge in [0.25, 0.3) is 0 Å². The fourth-order valence-electron chi connectivity index (χ4n) is 4.04. The summed E-state index contributed by atoms with van der Waals surface area (Å²) in [5.41, 5.74) is 4.08. The van der Waals surface area contributed by atoms with E-state index < -0.39 is 5.97 Å². The molecule has 2 aromatic heterocycles. The third-order valence-corrected chi connectivity index (χ3v) is 6.88. The zero-order valence-electron chi connectivity index (χ0n) is 20.5. The number of nitrogens with zero attached hydrogens (tertiary/aromatic N) is 4. The Hall–Kier alpha value is -4.30. The minimum atomic E-state index is -0.477. The van der Waals surface area contributed by atoms with Crippen molar-refractivity contribution in [3.63, 3.8) is 0 Å². The molecule has 0 bridgehead atoms. The van der Waals surface area contributed by atoms with Crippen molar-refractivity contribution in [1.29, 1.82) is 0 Å². The summed E-state index contributed by atoms with van der Waals surface area (Å²) in [6.07, 6.45) is 1.63. The van der Waals surface area contributed by atoms with Crippen molar-refractivity contribution in [3.05, 3.63) is 103 Å². The van der Waals surface area contributed by atoms with Crippen molar-refractivity contribution < 1.29 is 13.9 Å². The van der Waals surface area contributed by atoms with Gasteiger partial charge in [-0.05, 0) is 50.2 Å². The lowest BCUT2D eigenvalue weighted by Crippen LogP contribution is -2.15. The van der Waals surface area contributed by atoms with E-state index in [1.807, 2.05) is 60.7 Å². The van der Waals surface area contributed by atoms with Crippen LogP contribution in [0.4, 0.5) is 15.2 Å². The summed E-state index contributed by atoms with van der Waals surface area (Å²) in [6.45, 7) is 4.78. The van der Waals surface area contributed by atoms with Gasteiger partial charge in [-0.3, -0.25) is 0 Å². The van der Waals surface area contributed by atoms with Crippen LogP contribution in [-0.4, -0.2) is 33.9 Å². The van der Waals surface area contributed by atoms with Gasteiger partial charge in [0, 0.05) is 24.0 Å². The van der Waals surface area contributed by atoms with Crippen LogP contribution in [0.3, 0.4) is 0 Å². The molecule has 0 fully saturated rings. The quantitative estimate of drug-likeness (QED) is 0.207. The lowest BCUT2D eigenvalue weighted by atomic mass is 10.1. The molecule has 0 radical (unpaired) electrons. The second-order valence-electron chi connectivity index (χ2n) is 8.15. The van der Waals surface area contributed by atoms with Crippen molar-refractivity contribution in [2.75, 3.05) is 18.1 Å². The third kappa shape index (κ3) is 5.01. The molecule has 0 unspecified atom stereocenters. The summed E-state index contributed by atoms with van der Waals surface area (Å²) in [7, 11) is 0. The van der Waals surface area contributed by atoms with Crippen LogP contribution in [0.5, 0.6) is 0 Å². The number of rotatable bonds is 8. The van der Waals surface area contributed by atoms with Gasteiger partial charge in [-0.15, -0.1) is 0 Å². The smallest absolute Gasteiger partial charge is 0.342 e. The number of benzene rings is 3. The van der Waals surface area contributed by atoms with E-state index in [1.54, 1.807) is 29.9 Å². The van der Waals surface area contributed by atoms with E-state index in [0.29, 0.717) is 23.5 Å². The maximum Gasteiger partial charge on any atom is 0.342 e. The van der Waals surface area contributed by atoms with Crippen LogP contribution in [0.15, 0.2) is 91.1 Å². The monoisotopic (exact) mass is 512 g/mol. The maximum atomic E-state index is 13.6. The van der Waals surface area contributed by atoms with Crippen LogP contribution >= 0.6 is 11.3 Å². The minimum absolute atomic E-state index is 0.233. The number of anilines is 2. The Bertz CT molecular complexity index is 1500. The average Bonchev–Trinajstić information content (AvgIpc) is 3.56. The molecule has 3 aromatic carbocycles. The molecule has 2 heterocycles. The number of carbonyl (C=O) groups is 1. The van der Waals surface area contributed by atoms with Gasteiger partial charge in [0.2, 0.25) is 0 Å². The van der Waals surface area contributed by atoms with E-state index >= 15 is 0 Å². The summed E-state index contributed by atoms with van der Waals surface area (Å²) < 4.78 is 20.5. The van der Waals surface area contributed by atoms with Gasteiger partial charge in [-0.1, -0.05) is 59.9 Å². The SMILES string of the molecule is CCOC(=O)c1cn(-c2ccc(F)cc2)nc1-c1sc(N(CC)c2ccccc2)nc1-c1ccccc1. The number of halogens is 1. The predicted octanol–water partition coefficient (Wildman–Crippen LogP) is 7.14. The zero-order chi connectivity index (χ0) is 25.8. The second kappa shape index (κ2) is 10.8. The summed E-state index contributed by atoms with van der Waals surface area (Å²) in [5.74, 6) is -0.823. The van der Waals surface area contributed by atoms with Gasteiger partial charge in [-0.2, -0.15) is 5.10 Å². The highest BCUT2D eigenvalue weighted by atomic mass is 32.1. The minimum Gasteiger partial charge on any atom is -0.462 e. The lowest BCUT2D eigenvalue weighted by molar-refractivity contribution is 0.0527. The molecule has 6 nitrogen and oxygen atoms in total. The maximum absolute atomic E-state index is 13.6. The molecule has 0 aliphatic rings. The first-order valence-corrected chi connectivity index (χ1v) is 12.8. The van der Waals surface area contributed by atoms with Gasteiger partial charge in [0.1, 0.15) is 17.1 Å². The largest absolute Gasteiger partial charge is 0.462 e. The Labute approximate surface area is 218 Å². The zero-order valence-corrected chi connectivity index (χ0v) is 21.3. The van der Waals surface area contributed by atoms with Gasteiger partial charge in [0.05, 0.1) is 22.9 Å². The molecule has 5 rings (SSSR count). The fourth-order valence-corrected chi connectivity index (χ4v) is 5.21. The molecule has 0 N–H and O–H groups in total. The molecule has 0 saturated heterocycles. The number of hydrogen-bond donors (Lipinski definition) is 0. The number of esters is 1. The normalized spacial score (nSPS) is 10.9. The molecule has 0 aliphatic carbocycles. The first-order valence-electron chi connectivity index (χ1n) is 12.0. The highest BCUT2D eigenvalue weighted by Crippen LogP contribution is 2.43. The van der Waals surface area contributed by atoms with Gasteiger partial charge in [-0.25, -0.2) is 18.9 Å². The number of thiazole rings is 1. The Morgan fingerprint density at radius 1 is 0.946 bits per heavy atom. The first kappa shape index (κ1) is 24.4. The molecule has 0 saturated carbocycles. The number of hydrogen-bond acceptors (Lipinski definition) is 6. The van der Waals surface area contributed by atoms with Crippen molar-refractivity contribution in [1.82, 2.24) is 14.8 Å². The molecule has 5 aromatic rings. The third-order valence-electron chi connectivity index (χ3n) is 5.79. The van der Waals surface area contributed by atoms with Crippen LogP contribution in [0.25, 0.3) is 27.5 Å². The predicted molar refractivity (Wildman–Crippen MR) is 145 cm³/mol. The molecular weight excluding hydrogens is 487 g/mol. The Morgan fingerprint density at radius 2 is 1.62 bits per heavy atom. The van der Waals surface area contributed by atoms with E-state index in [0.717, 1.165) is 27.0 Å². The Kier molecular flexibility index (Phi) is 7.09. The van der Waals surface area contributed by atoms with Crippen molar-refractivity contribution in [2.24, 2.45) is 0 Å². The number of para-hydroxylation sites is 1. The summed E-state index contributed by atoms with van der Waals surface area (Å²) >= 11 is 1.47. The van der Waals surface area contributed by atoms with Crippen LogP contribution in [0, 0.1) is 5.82 Å². The number of carbonyl (C=O) groups excluding carboxylic acids is 1. The molecule has 0 spiro atoms. The van der Waals surface area contributed by atoms with Crippen LogP contribution in [0.2, 0.25) is 0 Å². The molecule has 0 aliphatic heterocycles. The highest BCUT2D eigenvalue weighted by Gasteiger charge is 2.27. The molecule has 37 heavy (non-hydrogen) atoms. The van der Waals surface area contributed by atoms with Gasteiger partial charge >= 0.3 is 5.97 Å². The first-order chi connectivity index (χ1) is 18.1. The standard InChI is InChI=1S/C29H25FN4O2S/c1-3-33(22-13-9-6-10-14-22)29-31-25(20-11-7-5-8-12-20)27(37-29)26-24(28(35)36-4-2)19-34(32-26)23-17-15-21(30)16-18-23/h5-19H,3-4H2,1-2H3. The average molecular weight is 513 g/mol. The van der Waals surface area contributed by atoms with Crippen LogP contribution < -0.4 is 4.90 Å². The molecule has 186 valence electrons.